The van der Waals surface area contributed by atoms with Crippen LogP contribution in [0.2, 0.25) is 0 Å². The van der Waals surface area contributed by atoms with Gasteiger partial charge in [-0.05, 0) is 48.5 Å². The first kappa shape index (κ1) is 18.3. The highest BCUT2D eigenvalue weighted by Gasteiger charge is 2.10. The molecule has 1 heterocycles. The van der Waals surface area contributed by atoms with Crippen LogP contribution in [0.15, 0.2) is 66.9 Å². The number of amides is 1. The van der Waals surface area contributed by atoms with Crippen molar-refractivity contribution in [2.24, 2.45) is 0 Å². The molecule has 3 aromatic rings. The molecule has 6 nitrogen and oxygen atoms in total. The zero-order chi connectivity index (χ0) is 19.1. The normalized spacial score (nSPS) is 10.1. The summed E-state index contributed by atoms with van der Waals surface area (Å²) in [5.41, 5.74) is 3.07. The summed E-state index contributed by atoms with van der Waals surface area (Å²) in [4.78, 5) is 16.8. The Morgan fingerprint density at radius 1 is 0.926 bits per heavy atom. The number of carbonyl (C=O) groups is 1. The van der Waals surface area contributed by atoms with Gasteiger partial charge in [-0.1, -0.05) is 6.07 Å². The number of hydrogen-bond donors (Lipinski definition) is 2. The van der Waals surface area contributed by atoms with Gasteiger partial charge in [-0.25, -0.2) is 0 Å². The van der Waals surface area contributed by atoms with Gasteiger partial charge in [0.2, 0.25) is 0 Å². The summed E-state index contributed by atoms with van der Waals surface area (Å²) in [6.07, 6.45) is 1.77. The minimum Gasteiger partial charge on any atom is -0.497 e. The number of nitrogens with zero attached hydrogens (tertiary/aromatic N) is 1. The number of carbonyl (C=O) groups excluding carboxylic acids is 1. The molecular weight excluding hydrogens is 342 g/mol. The van der Waals surface area contributed by atoms with Crippen molar-refractivity contribution in [2.45, 2.75) is 6.54 Å². The van der Waals surface area contributed by atoms with Crippen LogP contribution in [0.25, 0.3) is 0 Å². The number of anilines is 2. The Balaban J connectivity index is 1.63. The van der Waals surface area contributed by atoms with E-state index in [-0.39, 0.29) is 5.91 Å². The third-order valence-corrected chi connectivity index (χ3v) is 3.96. The molecule has 0 fully saturated rings. The number of rotatable bonds is 7. The topological polar surface area (TPSA) is 72.5 Å². The molecule has 0 unspecified atom stereocenters. The van der Waals surface area contributed by atoms with E-state index in [0.717, 1.165) is 11.4 Å². The summed E-state index contributed by atoms with van der Waals surface area (Å²) in [6.45, 7) is 0.635. The third-order valence-electron chi connectivity index (χ3n) is 3.96. The summed E-state index contributed by atoms with van der Waals surface area (Å²) >= 11 is 0. The highest BCUT2D eigenvalue weighted by Crippen LogP contribution is 2.23. The molecule has 0 aliphatic rings. The fourth-order valence-electron chi connectivity index (χ4n) is 2.51. The molecule has 0 aliphatic carbocycles. The fraction of sp³-hybridized carbons (Fsp3) is 0.143. The predicted molar refractivity (Wildman–Crippen MR) is 106 cm³/mol. The monoisotopic (exact) mass is 363 g/mol. The molecule has 1 aromatic heterocycles. The van der Waals surface area contributed by atoms with E-state index < -0.39 is 0 Å². The molecule has 3 rings (SSSR count). The van der Waals surface area contributed by atoms with Crippen molar-refractivity contribution in [3.63, 3.8) is 0 Å². The first-order valence-corrected chi connectivity index (χ1v) is 8.46. The van der Waals surface area contributed by atoms with Crippen LogP contribution in [0.3, 0.4) is 0 Å². The second-order valence-corrected chi connectivity index (χ2v) is 5.81. The number of aromatic nitrogens is 1. The average Bonchev–Trinajstić information content (AvgIpc) is 2.73. The van der Waals surface area contributed by atoms with Crippen LogP contribution < -0.4 is 20.1 Å². The molecule has 2 N–H and O–H groups in total. The largest absolute Gasteiger partial charge is 0.497 e. The van der Waals surface area contributed by atoms with Gasteiger partial charge in [0, 0.05) is 29.2 Å². The summed E-state index contributed by atoms with van der Waals surface area (Å²) < 4.78 is 10.4. The average molecular weight is 363 g/mol. The highest BCUT2D eigenvalue weighted by molar-refractivity contribution is 6.04. The standard InChI is InChI=1S/C21H21N3O3/c1-26-19-11-15(12-20(13-19)27-2)21(25)24-17-8-6-16(7-9-17)23-14-18-5-3-4-10-22-18/h3-13,23H,14H2,1-2H3,(H,24,25). The van der Waals surface area contributed by atoms with Gasteiger partial charge in [-0.2, -0.15) is 0 Å². The maximum atomic E-state index is 12.5. The summed E-state index contributed by atoms with van der Waals surface area (Å²) in [6, 6.07) is 18.4. The highest BCUT2D eigenvalue weighted by atomic mass is 16.5. The molecule has 0 saturated carbocycles. The van der Waals surface area contributed by atoms with Gasteiger partial charge in [0.15, 0.2) is 0 Å². The van der Waals surface area contributed by atoms with E-state index in [0.29, 0.717) is 29.3 Å². The summed E-state index contributed by atoms with van der Waals surface area (Å²) in [5, 5.41) is 6.17. The first-order chi connectivity index (χ1) is 13.2. The van der Waals surface area contributed by atoms with Crippen LogP contribution in [-0.2, 0) is 6.54 Å². The van der Waals surface area contributed by atoms with Gasteiger partial charge >= 0.3 is 0 Å². The zero-order valence-electron chi connectivity index (χ0n) is 15.2. The lowest BCUT2D eigenvalue weighted by Gasteiger charge is -2.10. The maximum Gasteiger partial charge on any atom is 0.255 e. The molecule has 6 heteroatoms. The molecule has 0 atom stereocenters. The Labute approximate surface area is 158 Å². The lowest BCUT2D eigenvalue weighted by atomic mass is 10.1. The second kappa shape index (κ2) is 8.71. The van der Waals surface area contributed by atoms with E-state index in [1.807, 2.05) is 42.5 Å². The number of ether oxygens (including phenoxy) is 2. The van der Waals surface area contributed by atoms with E-state index in [9.17, 15) is 4.79 Å². The van der Waals surface area contributed by atoms with E-state index in [1.165, 1.54) is 0 Å². The molecule has 0 saturated heterocycles. The minimum atomic E-state index is -0.235. The van der Waals surface area contributed by atoms with Crippen molar-refractivity contribution in [1.29, 1.82) is 0 Å². The van der Waals surface area contributed by atoms with Gasteiger partial charge in [-0.15, -0.1) is 0 Å². The molecule has 0 spiro atoms. The molecule has 0 bridgehead atoms. The summed E-state index contributed by atoms with van der Waals surface area (Å²) in [7, 11) is 3.10. The van der Waals surface area contributed by atoms with Crippen LogP contribution in [0.1, 0.15) is 16.1 Å². The maximum absolute atomic E-state index is 12.5. The third kappa shape index (κ3) is 4.98. The van der Waals surface area contributed by atoms with Crippen molar-refractivity contribution >= 4 is 17.3 Å². The Morgan fingerprint density at radius 3 is 2.19 bits per heavy atom. The number of benzene rings is 2. The quantitative estimate of drug-likeness (QED) is 0.665. The molecule has 1 amide bonds. The SMILES string of the molecule is COc1cc(OC)cc(C(=O)Nc2ccc(NCc3ccccn3)cc2)c1. The van der Waals surface area contributed by atoms with Gasteiger partial charge < -0.3 is 20.1 Å². The molecular formula is C21H21N3O3. The fourth-order valence-corrected chi connectivity index (χ4v) is 2.51. The van der Waals surface area contributed by atoms with E-state index in [4.69, 9.17) is 9.47 Å². The zero-order valence-corrected chi connectivity index (χ0v) is 15.2. The molecule has 0 radical (unpaired) electrons. The van der Waals surface area contributed by atoms with Crippen LogP contribution in [0.5, 0.6) is 11.5 Å². The van der Waals surface area contributed by atoms with Gasteiger partial charge in [0.05, 0.1) is 26.5 Å². The second-order valence-electron chi connectivity index (χ2n) is 5.81. The number of methoxy groups -OCH3 is 2. The van der Waals surface area contributed by atoms with E-state index in [1.54, 1.807) is 38.6 Å². The molecule has 138 valence electrons. The summed E-state index contributed by atoms with van der Waals surface area (Å²) in [5.74, 6) is 0.892. The van der Waals surface area contributed by atoms with Gasteiger partial charge in [0.1, 0.15) is 11.5 Å². The first-order valence-electron chi connectivity index (χ1n) is 8.46. The Bertz CT molecular complexity index is 874. The lowest BCUT2D eigenvalue weighted by molar-refractivity contribution is 0.102. The molecule has 2 aromatic carbocycles. The van der Waals surface area contributed by atoms with Crippen molar-refractivity contribution in [2.75, 3.05) is 24.9 Å². The Morgan fingerprint density at radius 2 is 1.59 bits per heavy atom. The number of pyridine rings is 1. The van der Waals surface area contributed by atoms with E-state index in [2.05, 4.69) is 15.6 Å². The van der Waals surface area contributed by atoms with Crippen molar-refractivity contribution < 1.29 is 14.3 Å². The van der Waals surface area contributed by atoms with Gasteiger partial charge in [0.25, 0.3) is 5.91 Å². The van der Waals surface area contributed by atoms with Crippen LogP contribution in [0.4, 0.5) is 11.4 Å². The lowest BCUT2D eigenvalue weighted by Crippen LogP contribution is -2.12. The Hall–Kier alpha value is -3.54. The smallest absolute Gasteiger partial charge is 0.255 e. The Kier molecular flexibility index (Phi) is 5.89. The predicted octanol–water partition coefficient (Wildman–Crippen LogP) is 3.96. The molecule has 27 heavy (non-hydrogen) atoms. The molecule has 0 aliphatic heterocycles. The van der Waals surface area contributed by atoms with Crippen molar-refractivity contribution in [1.82, 2.24) is 4.98 Å². The minimum absolute atomic E-state index is 0.235. The van der Waals surface area contributed by atoms with Crippen LogP contribution in [0, 0.1) is 0 Å². The van der Waals surface area contributed by atoms with Crippen molar-refractivity contribution in [3.05, 3.63) is 78.1 Å². The number of hydrogen-bond acceptors (Lipinski definition) is 5. The number of nitrogens with one attached hydrogen (secondary N) is 2. The van der Waals surface area contributed by atoms with Crippen molar-refractivity contribution in [3.8, 4) is 11.5 Å². The van der Waals surface area contributed by atoms with Crippen LogP contribution >= 0.6 is 0 Å². The van der Waals surface area contributed by atoms with E-state index >= 15 is 0 Å². The van der Waals surface area contributed by atoms with Gasteiger partial charge in [-0.3, -0.25) is 9.78 Å². The van der Waals surface area contributed by atoms with Crippen LogP contribution in [-0.4, -0.2) is 25.1 Å².